The SMILES string of the molecule is CC.CC1CCCC(C2CCC(C3CCC(C)CC3)CC2)CC1.O. The van der Waals surface area contributed by atoms with Crippen LogP contribution in [0.3, 0.4) is 0 Å². The van der Waals surface area contributed by atoms with Crippen LogP contribution in [-0.4, -0.2) is 5.48 Å². The molecule has 24 heavy (non-hydrogen) atoms. The van der Waals surface area contributed by atoms with Crippen molar-refractivity contribution in [3.8, 4) is 0 Å². The van der Waals surface area contributed by atoms with Gasteiger partial charge in [-0.05, 0) is 80.5 Å². The lowest BCUT2D eigenvalue weighted by Crippen LogP contribution is -2.27. The largest absolute Gasteiger partial charge is 0.412 e. The Labute approximate surface area is 152 Å². The normalized spacial score (nSPS) is 40.5. The highest BCUT2D eigenvalue weighted by molar-refractivity contribution is 4.84. The summed E-state index contributed by atoms with van der Waals surface area (Å²) in [5, 5.41) is 0. The molecule has 0 aromatic carbocycles. The Bertz CT molecular complexity index is 297. The molecular weight excluding hydrogens is 292 g/mol. The zero-order chi connectivity index (χ0) is 16.7. The first-order valence-corrected chi connectivity index (χ1v) is 11.2. The molecule has 0 aromatic heterocycles. The number of rotatable bonds is 2. The van der Waals surface area contributed by atoms with E-state index in [9.17, 15) is 0 Å². The second kappa shape index (κ2) is 11.6. The highest BCUT2D eigenvalue weighted by Gasteiger charge is 2.33. The summed E-state index contributed by atoms with van der Waals surface area (Å²) in [6.45, 7) is 8.93. The van der Waals surface area contributed by atoms with Crippen molar-refractivity contribution < 1.29 is 5.48 Å². The van der Waals surface area contributed by atoms with Gasteiger partial charge in [-0.25, -0.2) is 0 Å². The van der Waals surface area contributed by atoms with Crippen LogP contribution in [-0.2, 0) is 0 Å². The van der Waals surface area contributed by atoms with E-state index in [0.717, 1.165) is 35.5 Å². The van der Waals surface area contributed by atoms with E-state index >= 15 is 0 Å². The fourth-order valence-corrected chi connectivity index (χ4v) is 5.83. The van der Waals surface area contributed by atoms with Crippen LogP contribution < -0.4 is 0 Å². The molecule has 144 valence electrons. The molecule has 3 rings (SSSR count). The first kappa shape index (κ1) is 22.0. The van der Waals surface area contributed by atoms with Gasteiger partial charge in [-0.1, -0.05) is 66.2 Å². The Hall–Kier alpha value is -0.0400. The molecule has 3 saturated carbocycles. The summed E-state index contributed by atoms with van der Waals surface area (Å²) in [6, 6.07) is 0. The molecule has 0 amide bonds. The maximum absolute atomic E-state index is 2.48. The Morgan fingerprint density at radius 3 is 1.12 bits per heavy atom. The van der Waals surface area contributed by atoms with E-state index in [0.29, 0.717) is 0 Å². The van der Waals surface area contributed by atoms with E-state index < -0.39 is 0 Å². The van der Waals surface area contributed by atoms with E-state index in [4.69, 9.17) is 0 Å². The van der Waals surface area contributed by atoms with Gasteiger partial charge in [0.2, 0.25) is 0 Å². The van der Waals surface area contributed by atoms with Gasteiger partial charge in [0.1, 0.15) is 0 Å². The van der Waals surface area contributed by atoms with Crippen molar-refractivity contribution in [1.82, 2.24) is 0 Å². The molecule has 3 aliphatic rings. The van der Waals surface area contributed by atoms with Gasteiger partial charge >= 0.3 is 0 Å². The zero-order valence-corrected chi connectivity index (χ0v) is 17.2. The molecular formula is C23H46O. The van der Waals surface area contributed by atoms with Crippen LogP contribution in [0, 0.1) is 35.5 Å². The van der Waals surface area contributed by atoms with Crippen LogP contribution in [0.1, 0.15) is 111 Å². The third-order valence-corrected chi connectivity index (χ3v) is 7.51. The maximum atomic E-state index is 2.48. The van der Waals surface area contributed by atoms with E-state index in [-0.39, 0.29) is 5.48 Å². The van der Waals surface area contributed by atoms with Gasteiger partial charge in [0.25, 0.3) is 0 Å². The predicted octanol–water partition coefficient (Wildman–Crippen LogP) is 7.04. The Morgan fingerprint density at radius 2 is 0.708 bits per heavy atom. The van der Waals surface area contributed by atoms with Gasteiger partial charge in [0.05, 0.1) is 0 Å². The molecule has 2 atom stereocenters. The summed E-state index contributed by atoms with van der Waals surface area (Å²) in [4.78, 5) is 0. The van der Waals surface area contributed by atoms with Gasteiger partial charge in [0, 0.05) is 0 Å². The first-order chi connectivity index (χ1) is 11.2. The van der Waals surface area contributed by atoms with E-state index in [1.165, 1.54) is 32.1 Å². The molecule has 3 fully saturated rings. The molecule has 3 aliphatic carbocycles. The van der Waals surface area contributed by atoms with E-state index in [2.05, 4.69) is 13.8 Å². The average molecular weight is 339 g/mol. The Kier molecular flexibility index (Phi) is 10.6. The quantitative estimate of drug-likeness (QED) is 0.484. The lowest BCUT2D eigenvalue weighted by Gasteiger charge is -2.39. The number of hydrogen-bond acceptors (Lipinski definition) is 0. The fourth-order valence-electron chi connectivity index (χ4n) is 5.83. The van der Waals surface area contributed by atoms with Gasteiger partial charge in [0.15, 0.2) is 0 Å². The lowest BCUT2D eigenvalue weighted by molar-refractivity contribution is 0.122. The molecule has 1 nitrogen and oxygen atoms in total. The highest BCUT2D eigenvalue weighted by Crippen LogP contribution is 2.45. The average Bonchev–Trinajstić information content (AvgIpc) is 2.82. The highest BCUT2D eigenvalue weighted by atomic mass is 16.0. The summed E-state index contributed by atoms with van der Waals surface area (Å²) in [6.07, 6.45) is 20.1. The predicted molar refractivity (Wildman–Crippen MR) is 107 cm³/mol. The fraction of sp³-hybridized carbons (Fsp3) is 1.00. The minimum Gasteiger partial charge on any atom is -0.412 e. The van der Waals surface area contributed by atoms with Crippen LogP contribution in [0.15, 0.2) is 0 Å². The Balaban J connectivity index is 0.000000925. The summed E-state index contributed by atoms with van der Waals surface area (Å²) < 4.78 is 0. The number of hydrogen-bond donors (Lipinski definition) is 0. The summed E-state index contributed by atoms with van der Waals surface area (Å²) >= 11 is 0. The molecule has 0 spiro atoms. The minimum absolute atomic E-state index is 0. The molecule has 0 radical (unpaired) electrons. The molecule has 0 aliphatic heterocycles. The minimum atomic E-state index is 0. The summed E-state index contributed by atoms with van der Waals surface area (Å²) in [5.74, 6) is 6.45. The molecule has 2 unspecified atom stereocenters. The van der Waals surface area contributed by atoms with Gasteiger partial charge in [-0.3, -0.25) is 0 Å². The van der Waals surface area contributed by atoms with Crippen molar-refractivity contribution in [3.63, 3.8) is 0 Å². The van der Waals surface area contributed by atoms with Gasteiger partial charge in [-0.2, -0.15) is 0 Å². The smallest absolute Gasteiger partial charge is 0.0386 e. The van der Waals surface area contributed by atoms with Crippen molar-refractivity contribution in [2.45, 2.75) is 111 Å². The molecule has 2 N–H and O–H groups in total. The topological polar surface area (TPSA) is 31.5 Å². The van der Waals surface area contributed by atoms with E-state index in [1.807, 2.05) is 13.8 Å². The van der Waals surface area contributed by atoms with Crippen LogP contribution in [0.25, 0.3) is 0 Å². The van der Waals surface area contributed by atoms with Crippen LogP contribution >= 0.6 is 0 Å². The molecule has 1 heteroatoms. The third kappa shape index (κ3) is 6.36. The molecule has 0 aromatic rings. The van der Waals surface area contributed by atoms with Gasteiger partial charge < -0.3 is 5.48 Å². The monoisotopic (exact) mass is 338 g/mol. The van der Waals surface area contributed by atoms with Crippen molar-refractivity contribution in [2.24, 2.45) is 35.5 Å². The van der Waals surface area contributed by atoms with Crippen LogP contribution in [0.2, 0.25) is 0 Å². The van der Waals surface area contributed by atoms with Crippen molar-refractivity contribution in [2.75, 3.05) is 0 Å². The standard InChI is InChI=1S/C21H38.C2H6.H2O/c1-16-4-3-5-18(9-6-16)20-12-14-21(15-13-20)19-10-7-17(2)8-11-19;1-2;/h16-21H,3-15H2,1-2H3;1-2H3;1H2. The zero-order valence-electron chi connectivity index (χ0n) is 17.2. The second-order valence-electron chi connectivity index (χ2n) is 9.07. The van der Waals surface area contributed by atoms with Gasteiger partial charge in [-0.15, -0.1) is 0 Å². The van der Waals surface area contributed by atoms with Crippen LogP contribution in [0.4, 0.5) is 0 Å². The first-order valence-electron chi connectivity index (χ1n) is 11.2. The summed E-state index contributed by atoms with van der Waals surface area (Å²) in [7, 11) is 0. The van der Waals surface area contributed by atoms with Crippen molar-refractivity contribution in [1.29, 1.82) is 0 Å². The van der Waals surface area contributed by atoms with Crippen molar-refractivity contribution in [3.05, 3.63) is 0 Å². The van der Waals surface area contributed by atoms with E-state index in [1.54, 1.807) is 51.4 Å². The van der Waals surface area contributed by atoms with Crippen molar-refractivity contribution >= 4 is 0 Å². The Morgan fingerprint density at radius 1 is 0.417 bits per heavy atom. The second-order valence-corrected chi connectivity index (χ2v) is 9.07. The van der Waals surface area contributed by atoms with Crippen LogP contribution in [0.5, 0.6) is 0 Å². The molecule has 0 saturated heterocycles. The maximum Gasteiger partial charge on any atom is -0.0386 e. The molecule has 0 bridgehead atoms. The lowest BCUT2D eigenvalue weighted by atomic mass is 9.67. The molecule has 0 heterocycles. The summed E-state index contributed by atoms with van der Waals surface area (Å²) in [5.41, 5.74) is 0. The third-order valence-electron chi connectivity index (χ3n) is 7.51.